The fourth-order valence-electron chi connectivity index (χ4n) is 7.95. The Hall–Kier alpha value is -3.69. The molecule has 1 saturated carbocycles. The van der Waals surface area contributed by atoms with Crippen molar-refractivity contribution in [3.63, 3.8) is 0 Å². The number of fused-ring (bicyclic) bond motifs is 2. The number of ether oxygens (including phenoxy) is 1. The zero-order valence-electron chi connectivity index (χ0n) is 24.9. The molecule has 0 unspecified atom stereocenters. The molecule has 42 heavy (non-hydrogen) atoms. The minimum absolute atomic E-state index is 0.0576. The highest BCUT2D eigenvalue weighted by atomic mass is 16.5. The standard InChI is InChI=1S/C32H42N2O8/c1-5-6-7-8-9-13-24(38)42-27-26(33-18-10-12-22(33)35)20-19-34(21(30(40)41)14-15-23(36)37)29(39)25(20)32(4)17-11-16-31(2,3)28(27)32/h5-9,13,21,26-28H,10-12,14-19H2,1-4H3,(H,36,37)(H,40,41)/b6-5+,8-7+,13-9+/t21-,26-,27-,28+,32-/m1/s1. The van der Waals surface area contributed by atoms with E-state index in [1.807, 2.05) is 26.0 Å². The van der Waals surface area contributed by atoms with Crippen molar-refractivity contribution < 1.29 is 38.9 Å². The molecule has 0 bridgehead atoms. The number of amides is 2. The Bertz CT molecular complexity index is 1260. The van der Waals surface area contributed by atoms with E-state index in [1.165, 1.54) is 11.0 Å². The highest BCUT2D eigenvalue weighted by molar-refractivity contribution is 6.01. The molecule has 1 saturated heterocycles. The van der Waals surface area contributed by atoms with E-state index >= 15 is 0 Å². The van der Waals surface area contributed by atoms with Gasteiger partial charge in [0.1, 0.15) is 12.1 Å². The molecule has 0 spiro atoms. The van der Waals surface area contributed by atoms with Crippen LogP contribution in [0.4, 0.5) is 0 Å². The zero-order chi connectivity index (χ0) is 30.8. The molecule has 2 aliphatic carbocycles. The van der Waals surface area contributed by atoms with Crippen LogP contribution in [-0.2, 0) is 28.7 Å². The first kappa shape index (κ1) is 31.3. The maximum atomic E-state index is 14.2. The van der Waals surface area contributed by atoms with Crippen LogP contribution in [0.1, 0.15) is 72.6 Å². The lowest BCUT2D eigenvalue weighted by molar-refractivity contribution is -0.168. The van der Waals surface area contributed by atoms with Gasteiger partial charge in [0.2, 0.25) is 5.91 Å². The molecule has 4 aliphatic rings. The monoisotopic (exact) mass is 582 g/mol. The molecule has 4 rings (SSSR count). The molecule has 10 heteroatoms. The summed E-state index contributed by atoms with van der Waals surface area (Å²) in [6.07, 6.45) is 12.0. The van der Waals surface area contributed by atoms with E-state index in [2.05, 4.69) is 13.8 Å². The van der Waals surface area contributed by atoms with Crippen molar-refractivity contribution in [3.8, 4) is 0 Å². The number of nitrogens with zero attached hydrogens (tertiary/aromatic N) is 2. The summed E-state index contributed by atoms with van der Waals surface area (Å²) in [4.78, 5) is 67.3. The summed E-state index contributed by atoms with van der Waals surface area (Å²) >= 11 is 0. The molecule has 2 amide bonds. The van der Waals surface area contributed by atoms with Crippen LogP contribution < -0.4 is 0 Å². The molecule has 228 valence electrons. The second-order valence-electron chi connectivity index (χ2n) is 12.7. The van der Waals surface area contributed by atoms with Gasteiger partial charge in [0, 0.05) is 48.9 Å². The van der Waals surface area contributed by atoms with E-state index in [1.54, 1.807) is 23.1 Å². The number of allylic oxidation sites excluding steroid dienone is 5. The second-order valence-corrected chi connectivity index (χ2v) is 12.7. The largest absolute Gasteiger partial charge is 0.481 e. The number of esters is 1. The highest BCUT2D eigenvalue weighted by Crippen LogP contribution is 2.62. The summed E-state index contributed by atoms with van der Waals surface area (Å²) in [6, 6.07) is -2.05. The van der Waals surface area contributed by atoms with Crippen LogP contribution in [0.2, 0.25) is 0 Å². The fourth-order valence-corrected chi connectivity index (χ4v) is 7.95. The van der Waals surface area contributed by atoms with Crippen LogP contribution >= 0.6 is 0 Å². The van der Waals surface area contributed by atoms with Crippen molar-refractivity contribution in [1.82, 2.24) is 9.80 Å². The van der Waals surface area contributed by atoms with Crippen molar-refractivity contribution in [1.29, 1.82) is 0 Å². The maximum Gasteiger partial charge on any atom is 0.331 e. The normalized spacial score (nSPS) is 30.0. The van der Waals surface area contributed by atoms with Crippen molar-refractivity contribution in [2.45, 2.75) is 90.8 Å². The Morgan fingerprint density at radius 1 is 1.05 bits per heavy atom. The average Bonchev–Trinajstić information content (AvgIpc) is 3.46. The Kier molecular flexibility index (Phi) is 9.13. The molecule has 2 heterocycles. The number of carbonyl (C=O) groups excluding carboxylic acids is 3. The molecule has 0 aromatic heterocycles. The van der Waals surface area contributed by atoms with Gasteiger partial charge >= 0.3 is 17.9 Å². The van der Waals surface area contributed by atoms with Crippen LogP contribution in [0.5, 0.6) is 0 Å². The minimum atomic E-state index is -1.33. The fraction of sp³-hybridized carbons (Fsp3) is 0.594. The summed E-state index contributed by atoms with van der Waals surface area (Å²) in [6.45, 7) is 8.47. The van der Waals surface area contributed by atoms with Crippen molar-refractivity contribution in [2.24, 2.45) is 16.7 Å². The summed E-state index contributed by atoms with van der Waals surface area (Å²) in [5.74, 6) is -3.82. The molecule has 2 aliphatic heterocycles. The number of rotatable bonds is 10. The molecular weight excluding hydrogens is 540 g/mol. The Labute approximate surface area is 246 Å². The number of aliphatic carboxylic acids is 2. The van der Waals surface area contributed by atoms with Gasteiger partial charge in [-0.05, 0) is 43.6 Å². The molecular formula is C32H42N2O8. The van der Waals surface area contributed by atoms with Gasteiger partial charge in [-0.3, -0.25) is 14.4 Å². The highest BCUT2D eigenvalue weighted by Gasteiger charge is 2.64. The van der Waals surface area contributed by atoms with Crippen LogP contribution in [-0.4, -0.2) is 81.0 Å². The topological polar surface area (TPSA) is 142 Å². The molecule has 0 radical (unpaired) electrons. The number of likely N-dealkylation sites (tertiary alicyclic amines) is 1. The van der Waals surface area contributed by atoms with E-state index in [0.717, 1.165) is 12.8 Å². The third-order valence-electron chi connectivity index (χ3n) is 9.50. The van der Waals surface area contributed by atoms with Crippen molar-refractivity contribution >= 4 is 29.7 Å². The number of carboxylic acid groups (broad SMARTS) is 2. The smallest absolute Gasteiger partial charge is 0.331 e. The lowest BCUT2D eigenvalue weighted by Crippen LogP contribution is -2.62. The van der Waals surface area contributed by atoms with Gasteiger partial charge in [0.05, 0.1) is 6.04 Å². The minimum Gasteiger partial charge on any atom is -0.481 e. The molecule has 0 aromatic rings. The van der Waals surface area contributed by atoms with E-state index in [4.69, 9.17) is 4.74 Å². The summed E-state index contributed by atoms with van der Waals surface area (Å²) in [7, 11) is 0. The molecule has 0 aromatic carbocycles. The van der Waals surface area contributed by atoms with E-state index in [0.29, 0.717) is 37.0 Å². The first-order valence-corrected chi connectivity index (χ1v) is 14.8. The van der Waals surface area contributed by atoms with Crippen molar-refractivity contribution in [3.05, 3.63) is 47.6 Å². The first-order chi connectivity index (χ1) is 19.8. The van der Waals surface area contributed by atoms with Crippen LogP contribution in [0.3, 0.4) is 0 Å². The van der Waals surface area contributed by atoms with Gasteiger partial charge in [-0.1, -0.05) is 57.6 Å². The third kappa shape index (κ3) is 5.80. The van der Waals surface area contributed by atoms with Gasteiger partial charge in [-0.2, -0.15) is 0 Å². The van der Waals surface area contributed by atoms with Gasteiger partial charge in [-0.15, -0.1) is 0 Å². The SMILES string of the molecule is C/C=C/C=C/C=C/C(=O)O[C@@H]1[C@H](N2CCCC2=O)C2=C(C(=O)N([C@H](CCC(=O)O)C(=O)O)C2)[C@@]2(C)CCCC(C)(C)[C@H]12. The average molecular weight is 583 g/mol. The number of carboxylic acids is 2. The molecule has 10 nitrogen and oxygen atoms in total. The Balaban J connectivity index is 1.83. The lowest BCUT2D eigenvalue weighted by Gasteiger charge is -2.58. The summed E-state index contributed by atoms with van der Waals surface area (Å²) in [5.41, 5.74) is 0.0149. The van der Waals surface area contributed by atoms with Gasteiger partial charge in [-0.25, -0.2) is 9.59 Å². The van der Waals surface area contributed by atoms with E-state index < -0.39 is 53.8 Å². The number of hydrogen-bond donors (Lipinski definition) is 2. The first-order valence-electron chi connectivity index (χ1n) is 14.8. The Morgan fingerprint density at radius 3 is 2.38 bits per heavy atom. The van der Waals surface area contributed by atoms with Crippen LogP contribution in [0.15, 0.2) is 47.6 Å². The predicted molar refractivity (Wildman–Crippen MR) is 154 cm³/mol. The second kappa shape index (κ2) is 12.3. The van der Waals surface area contributed by atoms with Gasteiger partial charge < -0.3 is 24.7 Å². The van der Waals surface area contributed by atoms with Crippen LogP contribution in [0, 0.1) is 16.7 Å². The third-order valence-corrected chi connectivity index (χ3v) is 9.50. The van der Waals surface area contributed by atoms with Gasteiger partial charge in [0.15, 0.2) is 0 Å². The maximum absolute atomic E-state index is 14.2. The van der Waals surface area contributed by atoms with Gasteiger partial charge in [0.25, 0.3) is 5.91 Å². The summed E-state index contributed by atoms with van der Waals surface area (Å²) < 4.78 is 6.28. The molecule has 2 N–H and O–H groups in total. The molecule has 5 atom stereocenters. The predicted octanol–water partition coefficient (Wildman–Crippen LogP) is 3.88. The van der Waals surface area contributed by atoms with Crippen LogP contribution in [0.25, 0.3) is 0 Å². The van der Waals surface area contributed by atoms with E-state index in [9.17, 15) is 34.2 Å². The number of carbonyl (C=O) groups is 5. The number of hydrogen-bond acceptors (Lipinski definition) is 6. The lowest BCUT2D eigenvalue weighted by atomic mass is 9.48. The van der Waals surface area contributed by atoms with Crippen molar-refractivity contribution in [2.75, 3.05) is 13.1 Å². The quantitative estimate of drug-likeness (QED) is 0.225. The molecule has 2 fully saturated rings. The van der Waals surface area contributed by atoms with E-state index in [-0.39, 0.29) is 30.2 Å². The zero-order valence-corrected chi connectivity index (χ0v) is 24.9. The Morgan fingerprint density at radius 2 is 1.76 bits per heavy atom. The summed E-state index contributed by atoms with van der Waals surface area (Å²) in [5, 5.41) is 19.3.